The van der Waals surface area contributed by atoms with Crippen molar-refractivity contribution in [1.82, 2.24) is 4.90 Å². The second kappa shape index (κ2) is 8.95. The minimum atomic E-state index is -0.0810. The average molecular weight is 471 g/mol. The van der Waals surface area contributed by atoms with Gasteiger partial charge in [0.25, 0.3) is 5.91 Å². The minimum Gasteiger partial charge on any atom is -0.457 e. The van der Waals surface area contributed by atoms with Crippen molar-refractivity contribution >= 4 is 57.8 Å². The van der Waals surface area contributed by atoms with Gasteiger partial charge >= 0.3 is 0 Å². The molecule has 1 amide bonds. The number of halogens is 2. The molecule has 0 bridgehead atoms. The molecule has 2 heterocycles. The van der Waals surface area contributed by atoms with E-state index in [2.05, 4.69) is 13.8 Å². The highest BCUT2D eigenvalue weighted by molar-refractivity contribution is 8.18. The van der Waals surface area contributed by atoms with Gasteiger partial charge in [-0.25, -0.2) is 4.99 Å². The van der Waals surface area contributed by atoms with E-state index in [-0.39, 0.29) is 5.91 Å². The molecule has 0 atom stereocenters. The molecule has 4 rings (SSSR count). The quantitative estimate of drug-likeness (QED) is 0.370. The van der Waals surface area contributed by atoms with Gasteiger partial charge < -0.3 is 4.42 Å². The second-order valence-electron chi connectivity index (χ2n) is 7.15. The summed E-state index contributed by atoms with van der Waals surface area (Å²) in [4.78, 5) is 19.9. The number of amides is 1. The predicted molar refractivity (Wildman–Crippen MR) is 130 cm³/mol. The molecule has 0 N–H and O–H groups in total. The van der Waals surface area contributed by atoms with Crippen LogP contribution >= 0.6 is 35.0 Å². The van der Waals surface area contributed by atoms with Crippen molar-refractivity contribution in [2.75, 3.05) is 6.54 Å². The summed E-state index contributed by atoms with van der Waals surface area (Å²) < 4.78 is 5.92. The fourth-order valence-electron chi connectivity index (χ4n) is 3.14. The van der Waals surface area contributed by atoms with Gasteiger partial charge in [0, 0.05) is 18.2 Å². The SMILES string of the molecule is CCN1C(=O)C(=Cc2ccc(-c3ccc(Cl)c(Cl)c3)o2)SC1=Nc1ccc(C)c(C)c1. The van der Waals surface area contributed by atoms with E-state index < -0.39 is 0 Å². The molecule has 158 valence electrons. The molecule has 1 aromatic heterocycles. The molecule has 1 saturated heterocycles. The van der Waals surface area contributed by atoms with Crippen molar-refractivity contribution < 1.29 is 9.21 Å². The van der Waals surface area contributed by atoms with Gasteiger partial charge in [-0.05, 0) is 86.1 Å². The third kappa shape index (κ3) is 4.59. The maximum atomic E-state index is 12.9. The highest BCUT2D eigenvalue weighted by Crippen LogP contribution is 2.35. The number of carbonyl (C=O) groups is 1. The van der Waals surface area contributed by atoms with Crippen molar-refractivity contribution in [3.8, 4) is 11.3 Å². The van der Waals surface area contributed by atoms with E-state index >= 15 is 0 Å². The van der Waals surface area contributed by atoms with Crippen LogP contribution in [0.15, 0.2) is 62.8 Å². The van der Waals surface area contributed by atoms with Gasteiger partial charge in [-0.2, -0.15) is 0 Å². The Morgan fingerprint density at radius 3 is 2.55 bits per heavy atom. The lowest BCUT2D eigenvalue weighted by Crippen LogP contribution is -2.28. The monoisotopic (exact) mass is 470 g/mol. The molecule has 0 aliphatic carbocycles. The van der Waals surface area contributed by atoms with Gasteiger partial charge in [-0.1, -0.05) is 29.3 Å². The Labute approximate surface area is 195 Å². The topological polar surface area (TPSA) is 45.8 Å². The van der Waals surface area contributed by atoms with E-state index in [9.17, 15) is 4.79 Å². The standard InChI is InChI=1S/C24H20Cl2N2O2S/c1-4-28-23(29)22(31-24(28)27-17-7-5-14(2)15(3)11-17)13-18-8-10-21(30-18)16-6-9-19(25)20(26)12-16/h5-13H,4H2,1-3H3. The molecule has 0 spiro atoms. The van der Waals surface area contributed by atoms with Gasteiger partial charge in [0.1, 0.15) is 11.5 Å². The van der Waals surface area contributed by atoms with Gasteiger partial charge in [0.15, 0.2) is 5.17 Å². The molecule has 0 unspecified atom stereocenters. The normalized spacial score (nSPS) is 16.7. The van der Waals surface area contributed by atoms with Crippen LogP contribution < -0.4 is 0 Å². The Balaban J connectivity index is 1.62. The fraction of sp³-hybridized carbons (Fsp3) is 0.167. The Kier molecular flexibility index (Phi) is 6.28. The molecule has 2 aromatic carbocycles. The molecule has 0 radical (unpaired) electrons. The summed E-state index contributed by atoms with van der Waals surface area (Å²) in [6.45, 7) is 6.60. The average Bonchev–Trinajstić information content (AvgIpc) is 3.32. The lowest BCUT2D eigenvalue weighted by molar-refractivity contribution is -0.122. The molecule has 1 fully saturated rings. The number of hydrogen-bond acceptors (Lipinski definition) is 4. The number of carbonyl (C=O) groups excluding carboxylic acids is 1. The molecular weight excluding hydrogens is 451 g/mol. The number of hydrogen-bond donors (Lipinski definition) is 0. The number of likely N-dealkylation sites (N-methyl/N-ethyl adjacent to an activating group) is 1. The van der Waals surface area contributed by atoms with Gasteiger partial charge in [0.05, 0.1) is 20.6 Å². The number of aryl methyl sites for hydroxylation is 2. The molecule has 1 aliphatic heterocycles. The van der Waals surface area contributed by atoms with Crippen molar-refractivity contribution in [3.05, 3.63) is 80.4 Å². The molecule has 1 aliphatic rings. The van der Waals surface area contributed by atoms with Crippen LogP contribution in [0, 0.1) is 13.8 Å². The van der Waals surface area contributed by atoms with E-state index in [1.165, 1.54) is 22.9 Å². The smallest absolute Gasteiger partial charge is 0.266 e. The van der Waals surface area contributed by atoms with Crippen LogP contribution in [-0.4, -0.2) is 22.5 Å². The molecule has 0 saturated carbocycles. The first-order valence-electron chi connectivity index (χ1n) is 9.78. The molecule has 31 heavy (non-hydrogen) atoms. The summed E-state index contributed by atoms with van der Waals surface area (Å²) in [5.41, 5.74) is 4.03. The molecule has 7 heteroatoms. The van der Waals surface area contributed by atoms with Crippen LogP contribution in [0.3, 0.4) is 0 Å². The molecular formula is C24H20Cl2N2O2S. The van der Waals surface area contributed by atoms with Crippen LogP contribution in [0.25, 0.3) is 17.4 Å². The minimum absolute atomic E-state index is 0.0810. The summed E-state index contributed by atoms with van der Waals surface area (Å²) in [6.07, 6.45) is 1.75. The van der Waals surface area contributed by atoms with Gasteiger partial charge in [-0.3, -0.25) is 9.69 Å². The number of nitrogens with zero attached hydrogens (tertiary/aromatic N) is 2. The van der Waals surface area contributed by atoms with Gasteiger partial charge in [0.2, 0.25) is 0 Å². The summed E-state index contributed by atoms with van der Waals surface area (Å²) in [5, 5.41) is 1.61. The highest BCUT2D eigenvalue weighted by Gasteiger charge is 2.32. The van der Waals surface area contributed by atoms with Crippen LogP contribution in [0.1, 0.15) is 23.8 Å². The summed E-state index contributed by atoms with van der Waals surface area (Å²) in [7, 11) is 0. The first-order valence-corrected chi connectivity index (χ1v) is 11.4. The Morgan fingerprint density at radius 1 is 1.03 bits per heavy atom. The van der Waals surface area contributed by atoms with Crippen molar-refractivity contribution in [2.45, 2.75) is 20.8 Å². The van der Waals surface area contributed by atoms with E-state index in [4.69, 9.17) is 32.6 Å². The lowest BCUT2D eigenvalue weighted by Gasteiger charge is -2.12. The third-order valence-corrected chi connectivity index (χ3v) is 6.77. The van der Waals surface area contributed by atoms with Crippen LogP contribution in [-0.2, 0) is 4.79 Å². The fourth-order valence-corrected chi connectivity index (χ4v) is 4.48. The predicted octanol–water partition coefficient (Wildman–Crippen LogP) is 7.49. The number of furan rings is 1. The van der Waals surface area contributed by atoms with Crippen LogP contribution in [0.5, 0.6) is 0 Å². The number of amidine groups is 1. The zero-order valence-electron chi connectivity index (χ0n) is 17.3. The number of aliphatic imine (C=N–C) groups is 1. The summed E-state index contributed by atoms with van der Waals surface area (Å²) in [6, 6.07) is 15.0. The van der Waals surface area contributed by atoms with Crippen molar-refractivity contribution in [2.24, 2.45) is 4.99 Å². The third-order valence-electron chi connectivity index (χ3n) is 5.02. The van der Waals surface area contributed by atoms with E-state index in [1.807, 2.05) is 43.3 Å². The molecule has 4 nitrogen and oxygen atoms in total. The Bertz CT molecular complexity index is 1230. The Morgan fingerprint density at radius 2 is 1.84 bits per heavy atom. The largest absolute Gasteiger partial charge is 0.457 e. The van der Waals surface area contributed by atoms with E-state index in [1.54, 1.807) is 23.1 Å². The zero-order chi connectivity index (χ0) is 22.1. The van der Waals surface area contributed by atoms with Crippen LogP contribution in [0.4, 0.5) is 5.69 Å². The number of rotatable bonds is 4. The van der Waals surface area contributed by atoms with E-state index in [0.717, 1.165) is 11.3 Å². The second-order valence-corrected chi connectivity index (χ2v) is 8.98. The maximum absolute atomic E-state index is 12.9. The number of benzene rings is 2. The zero-order valence-corrected chi connectivity index (χ0v) is 19.6. The lowest BCUT2D eigenvalue weighted by atomic mass is 10.1. The van der Waals surface area contributed by atoms with E-state index in [0.29, 0.717) is 38.2 Å². The van der Waals surface area contributed by atoms with Crippen molar-refractivity contribution in [3.63, 3.8) is 0 Å². The Hall–Kier alpha value is -2.47. The number of thioether (sulfide) groups is 1. The van der Waals surface area contributed by atoms with Crippen molar-refractivity contribution in [1.29, 1.82) is 0 Å². The van der Waals surface area contributed by atoms with Gasteiger partial charge in [-0.15, -0.1) is 0 Å². The summed E-state index contributed by atoms with van der Waals surface area (Å²) >= 11 is 13.4. The first-order chi connectivity index (χ1) is 14.9. The molecule has 3 aromatic rings. The first kappa shape index (κ1) is 21.8. The van der Waals surface area contributed by atoms with Crippen LogP contribution in [0.2, 0.25) is 10.0 Å². The highest BCUT2D eigenvalue weighted by atomic mass is 35.5. The summed E-state index contributed by atoms with van der Waals surface area (Å²) in [5.74, 6) is 1.15. The maximum Gasteiger partial charge on any atom is 0.266 e.